The van der Waals surface area contributed by atoms with Gasteiger partial charge in [-0.25, -0.2) is 4.99 Å². The number of nitrogens with one attached hydrogen (secondary N) is 2. The van der Waals surface area contributed by atoms with Gasteiger partial charge in [0.1, 0.15) is 12.4 Å². The monoisotopic (exact) mass is 374 g/mol. The van der Waals surface area contributed by atoms with E-state index in [1.807, 2.05) is 60.7 Å². The van der Waals surface area contributed by atoms with Crippen LogP contribution in [-0.2, 0) is 19.7 Å². The Hall–Kier alpha value is -3.34. The van der Waals surface area contributed by atoms with E-state index in [1.165, 1.54) is 0 Å². The number of hydrogen-bond acceptors (Lipinski definition) is 3. The number of pyridine rings is 1. The highest BCUT2D eigenvalue weighted by Crippen LogP contribution is 2.14. The summed E-state index contributed by atoms with van der Waals surface area (Å²) in [5.74, 6) is 1.63. The van der Waals surface area contributed by atoms with Crippen LogP contribution in [0.15, 0.2) is 84.0 Å². The van der Waals surface area contributed by atoms with Crippen LogP contribution in [-0.4, -0.2) is 17.5 Å². The van der Waals surface area contributed by atoms with Crippen molar-refractivity contribution in [2.45, 2.75) is 26.6 Å². The van der Waals surface area contributed by atoms with Crippen LogP contribution in [0.2, 0.25) is 0 Å². The zero-order valence-electron chi connectivity index (χ0n) is 16.1. The summed E-state index contributed by atoms with van der Waals surface area (Å²) in [5, 5.41) is 6.57. The molecule has 28 heavy (non-hydrogen) atoms. The Balaban J connectivity index is 1.52. The maximum Gasteiger partial charge on any atom is 0.191 e. The van der Waals surface area contributed by atoms with E-state index in [0.717, 1.165) is 35.1 Å². The molecule has 2 aromatic carbocycles. The predicted octanol–water partition coefficient (Wildman–Crippen LogP) is 3.92. The van der Waals surface area contributed by atoms with Crippen LogP contribution >= 0.6 is 0 Å². The number of benzene rings is 2. The summed E-state index contributed by atoms with van der Waals surface area (Å²) >= 11 is 0. The first-order valence-corrected chi connectivity index (χ1v) is 9.51. The molecule has 3 rings (SSSR count). The summed E-state index contributed by atoms with van der Waals surface area (Å²) in [5.41, 5.74) is 3.26. The van der Waals surface area contributed by atoms with Gasteiger partial charge >= 0.3 is 0 Å². The normalized spacial score (nSPS) is 11.1. The van der Waals surface area contributed by atoms with E-state index >= 15 is 0 Å². The van der Waals surface area contributed by atoms with Gasteiger partial charge in [-0.05, 0) is 42.3 Å². The van der Waals surface area contributed by atoms with Crippen molar-refractivity contribution in [2.75, 3.05) is 6.54 Å². The average molecular weight is 374 g/mol. The van der Waals surface area contributed by atoms with Crippen molar-refractivity contribution in [2.24, 2.45) is 4.99 Å². The van der Waals surface area contributed by atoms with Crippen LogP contribution in [0, 0.1) is 0 Å². The van der Waals surface area contributed by atoms with Crippen LogP contribution in [0.1, 0.15) is 23.7 Å². The lowest BCUT2D eigenvalue weighted by Gasteiger charge is -2.11. The Kier molecular flexibility index (Phi) is 7.44. The first-order chi connectivity index (χ1) is 13.8. The van der Waals surface area contributed by atoms with Crippen molar-refractivity contribution in [3.05, 3.63) is 95.8 Å². The van der Waals surface area contributed by atoms with E-state index in [1.54, 1.807) is 6.20 Å². The second-order valence-corrected chi connectivity index (χ2v) is 6.29. The molecular weight excluding hydrogens is 348 g/mol. The molecule has 0 spiro atoms. The number of aromatic nitrogens is 1. The fourth-order valence-corrected chi connectivity index (χ4v) is 2.62. The third-order valence-electron chi connectivity index (χ3n) is 4.10. The van der Waals surface area contributed by atoms with Gasteiger partial charge in [0.15, 0.2) is 5.96 Å². The van der Waals surface area contributed by atoms with Gasteiger partial charge in [-0.2, -0.15) is 0 Å². The van der Waals surface area contributed by atoms with Crippen molar-refractivity contribution in [3.8, 4) is 5.75 Å². The molecule has 0 aliphatic heterocycles. The first kappa shape index (κ1) is 19.4. The molecule has 1 aromatic heterocycles. The second-order valence-electron chi connectivity index (χ2n) is 6.29. The van der Waals surface area contributed by atoms with Gasteiger partial charge in [0, 0.05) is 12.7 Å². The van der Waals surface area contributed by atoms with Crippen LogP contribution in [0.25, 0.3) is 0 Å². The van der Waals surface area contributed by atoms with Gasteiger partial charge < -0.3 is 15.4 Å². The predicted molar refractivity (Wildman–Crippen MR) is 113 cm³/mol. The number of ether oxygens (including phenoxy) is 1. The zero-order valence-corrected chi connectivity index (χ0v) is 16.1. The van der Waals surface area contributed by atoms with Crippen LogP contribution in [0.3, 0.4) is 0 Å². The molecule has 0 amide bonds. The second kappa shape index (κ2) is 10.7. The van der Waals surface area contributed by atoms with Crippen molar-refractivity contribution >= 4 is 5.96 Å². The quantitative estimate of drug-likeness (QED) is 0.464. The topological polar surface area (TPSA) is 58.5 Å². The van der Waals surface area contributed by atoms with Gasteiger partial charge in [0.05, 0.1) is 18.8 Å². The summed E-state index contributed by atoms with van der Waals surface area (Å²) < 4.78 is 5.83. The lowest BCUT2D eigenvalue weighted by Crippen LogP contribution is -2.36. The molecule has 3 aromatic rings. The van der Waals surface area contributed by atoms with Crippen molar-refractivity contribution < 1.29 is 4.74 Å². The van der Waals surface area contributed by atoms with E-state index in [-0.39, 0.29) is 0 Å². The van der Waals surface area contributed by atoms with Crippen molar-refractivity contribution in [1.29, 1.82) is 0 Å². The molecule has 0 aliphatic rings. The smallest absolute Gasteiger partial charge is 0.191 e. The molecule has 0 unspecified atom stereocenters. The Morgan fingerprint density at radius 1 is 0.893 bits per heavy atom. The minimum Gasteiger partial charge on any atom is -0.489 e. The summed E-state index contributed by atoms with van der Waals surface area (Å²) in [7, 11) is 0. The maximum absolute atomic E-state index is 5.83. The molecule has 1 heterocycles. The number of aliphatic imine (C=N–C) groups is 1. The largest absolute Gasteiger partial charge is 0.489 e. The van der Waals surface area contributed by atoms with Crippen molar-refractivity contribution in [3.63, 3.8) is 0 Å². The van der Waals surface area contributed by atoms with E-state index in [4.69, 9.17) is 4.74 Å². The Bertz CT molecular complexity index is 849. The average Bonchev–Trinajstić information content (AvgIpc) is 2.76. The first-order valence-electron chi connectivity index (χ1n) is 9.51. The summed E-state index contributed by atoms with van der Waals surface area (Å²) in [6.45, 7) is 4.66. The highest BCUT2D eigenvalue weighted by atomic mass is 16.5. The highest BCUT2D eigenvalue weighted by molar-refractivity contribution is 5.79. The number of guanidine groups is 1. The van der Waals surface area contributed by atoms with Gasteiger partial charge in [-0.3, -0.25) is 4.98 Å². The molecule has 0 atom stereocenters. The highest BCUT2D eigenvalue weighted by Gasteiger charge is 2.00. The molecule has 144 valence electrons. The maximum atomic E-state index is 5.83. The Morgan fingerprint density at radius 2 is 1.68 bits per heavy atom. The molecule has 2 N–H and O–H groups in total. The number of rotatable bonds is 8. The van der Waals surface area contributed by atoms with Gasteiger partial charge in [0.25, 0.3) is 0 Å². The number of nitrogens with zero attached hydrogens (tertiary/aromatic N) is 2. The summed E-state index contributed by atoms with van der Waals surface area (Å²) in [6, 6.07) is 24.1. The Morgan fingerprint density at radius 3 is 2.39 bits per heavy atom. The molecule has 0 saturated carbocycles. The molecule has 0 aliphatic carbocycles. The standard InChI is InChI=1S/C23H26N4O/c1-2-24-23(27-17-21-10-6-7-15-25-21)26-16-19-11-13-22(14-12-19)28-18-20-8-4-3-5-9-20/h3-15H,2,16-18H2,1H3,(H2,24,26,27). The molecule has 0 fully saturated rings. The molecular formula is C23H26N4O. The third kappa shape index (κ3) is 6.43. The molecule has 0 saturated heterocycles. The summed E-state index contributed by atoms with van der Waals surface area (Å²) in [4.78, 5) is 8.97. The van der Waals surface area contributed by atoms with E-state index in [2.05, 4.69) is 39.7 Å². The molecule has 0 bridgehead atoms. The van der Waals surface area contributed by atoms with Gasteiger partial charge in [0.2, 0.25) is 0 Å². The molecule has 5 heteroatoms. The fourth-order valence-electron chi connectivity index (χ4n) is 2.62. The van der Waals surface area contributed by atoms with E-state index < -0.39 is 0 Å². The van der Waals surface area contributed by atoms with Gasteiger partial charge in [-0.15, -0.1) is 0 Å². The third-order valence-corrected chi connectivity index (χ3v) is 4.10. The summed E-state index contributed by atoms with van der Waals surface area (Å²) in [6.07, 6.45) is 1.79. The fraction of sp³-hybridized carbons (Fsp3) is 0.217. The Labute approximate surface area is 166 Å². The molecule has 0 radical (unpaired) electrons. The lowest BCUT2D eigenvalue weighted by molar-refractivity contribution is 0.306. The van der Waals surface area contributed by atoms with Gasteiger partial charge in [-0.1, -0.05) is 48.5 Å². The van der Waals surface area contributed by atoms with E-state index in [9.17, 15) is 0 Å². The van der Waals surface area contributed by atoms with E-state index in [0.29, 0.717) is 19.7 Å². The SMILES string of the molecule is CCNC(=NCc1ccc(OCc2ccccc2)cc1)NCc1ccccn1. The van der Waals surface area contributed by atoms with Crippen LogP contribution in [0.5, 0.6) is 5.75 Å². The minimum absolute atomic E-state index is 0.570. The zero-order chi connectivity index (χ0) is 19.4. The van der Waals surface area contributed by atoms with Crippen LogP contribution < -0.4 is 15.4 Å². The molecule has 5 nitrogen and oxygen atoms in total. The van der Waals surface area contributed by atoms with Crippen molar-refractivity contribution in [1.82, 2.24) is 15.6 Å². The lowest BCUT2D eigenvalue weighted by atomic mass is 10.2. The van der Waals surface area contributed by atoms with Crippen LogP contribution in [0.4, 0.5) is 0 Å². The number of hydrogen-bond donors (Lipinski definition) is 2. The minimum atomic E-state index is 0.570.